The van der Waals surface area contributed by atoms with Gasteiger partial charge >= 0.3 is 12.1 Å². The molecule has 0 radical (unpaired) electrons. The van der Waals surface area contributed by atoms with Crippen LogP contribution in [0.25, 0.3) is 5.65 Å². The van der Waals surface area contributed by atoms with E-state index in [4.69, 9.17) is 23.9 Å². The zero-order valence-corrected chi connectivity index (χ0v) is 24.7. The number of benzene rings is 2. The third kappa shape index (κ3) is 8.00. The van der Waals surface area contributed by atoms with Gasteiger partial charge in [-0.3, -0.25) is 0 Å². The summed E-state index contributed by atoms with van der Waals surface area (Å²) in [6.07, 6.45) is 2.60. The van der Waals surface area contributed by atoms with E-state index >= 15 is 0 Å². The number of hydrogen-bond acceptors (Lipinski definition) is 9. The second-order valence-corrected chi connectivity index (χ2v) is 10.8. The molecule has 2 heterocycles. The van der Waals surface area contributed by atoms with E-state index in [0.717, 1.165) is 22.6 Å². The summed E-state index contributed by atoms with van der Waals surface area (Å²) < 4.78 is 23.9. The number of ether oxygens (including phenoxy) is 4. The van der Waals surface area contributed by atoms with Gasteiger partial charge in [-0.15, -0.1) is 5.10 Å². The minimum Gasteiger partial charge on any atom is -0.497 e. The summed E-state index contributed by atoms with van der Waals surface area (Å²) in [5, 5.41) is 4.52. The summed E-state index contributed by atoms with van der Waals surface area (Å²) in [6, 6.07) is 16.0. The van der Waals surface area contributed by atoms with Crippen molar-refractivity contribution in [3.63, 3.8) is 0 Å². The van der Waals surface area contributed by atoms with Gasteiger partial charge in [0, 0.05) is 32.5 Å². The van der Waals surface area contributed by atoms with Crippen LogP contribution in [0.5, 0.6) is 17.5 Å². The van der Waals surface area contributed by atoms with Gasteiger partial charge in [0.25, 0.3) is 0 Å². The van der Waals surface area contributed by atoms with Crippen LogP contribution in [-0.4, -0.2) is 70.1 Å². The summed E-state index contributed by atoms with van der Waals surface area (Å²) in [5.41, 5.74) is 2.14. The lowest BCUT2D eigenvalue weighted by molar-refractivity contribution is 0.0231. The normalized spacial score (nSPS) is 12.1. The minimum absolute atomic E-state index is 0.171. The molecule has 1 atom stereocenters. The molecule has 0 saturated heterocycles. The molecule has 2 aromatic carbocycles. The summed E-state index contributed by atoms with van der Waals surface area (Å²) in [5.74, 6) is 2.18. The molecule has 0 aliphatic carbocycles. The molecule has 218 valence electrons. The summed E-state index contributed by atoms with van der Waals surface area (Å²) in [6.45, 7) is 8.73. The van der Waals surface area contributed by atoms with Crippen LogP contribution < -0.4 is 19.1 Å². The average Bonchev–Trinajstić information content (AvgIpc) is 3.41. The van der Waals surface area contributed by atoms with Crippen LogP contribution in [0.2, 0.25) is 0 Å². The SMILES string of the molecule is COc1ccc(CN(Cc2ccc(OC)cc2)c2nc(OC(C)CN(C)C(=O)OC(C)(C)C)nn3ccnc23)cc1. The van der Waals surface area contributed by atoms with Crippen molar-refractivity contribution in [3.05, 3.63) is 72.1 Å². The fourth-order valence-corrected chi connectivity index (χ4v) is 4.18. The maximum absolute atomic E-state index is 12.4. The molecule has 0 fully saturated rings. The number of carbonyl (C=O) groups excluding carboxylic acids is 1. The minimum atomic E-state index is -0.586. The lowest BCUT2D eigenvalue weighted by Gasteiger charge is -2.27. The van der Waals surface area contributed by atoms with Gasteiger partial charge in [-0.2, -0.15) is 4.98 Å². The van der Waals surface area contributed by atoms with Gasteiger partial charge in [-0.05, 0) is 63.1 Å². The molecule has 11 heteroatoms. The zero-order valence-electron chi connectivity index (χ0n) is 24.7. The van der Waals surface area contributed by atoms with E-state index in [1.807, 2.05) is 76.2 Å². The standard InChI is InChI=1S/C30H38N6O5/c1-21(18-34(5)29(37)41-30(2,3)4)40-28-32-27(26-31-16-17-36(26)33-28)35(19-22-8-12-24(38-6)13-9-22)20-23-10-14-25(39-7)15-11-23/h8-17,21H,18-20H2,1-7H3. The number of imidazole rings is 1. The Morgan fingerprint density at radius 2 is 1.51 bits per heavy atom. The molecule has 1 unspecified atom stereocenters. The molecule has 0 saturated carbocycles. The molecule has 2 aromatic heterocycles. The first-order chi connectivity index (χ1) is 19.5. The molecule has 1 amide bonds. The fraction of sp³-hybridized carbons (Fsp3) is 0.400. The number of likely N-dealkylation sites (N-methyl/N-ethyl adjacent to an activating group) is 1. The van der Waals surface area contributed by atoms with Crippen LogP contribution in [0, 0.1) is 0 Å². The van der Waals surface area contributed by atoms with Crippen LogP contribution in [-0.2, 0) is 17.8 Å². The molecule has 4 rings (SSSR count). The smallest absolute Gasteiger partial charge is 0.410 e. The Morgan fingerprint density at radius 3 is 2.02 bits per heavy atom. The largest absolute Gasteiger partial charge is 0.497 e. The number of hydrogen-bond donors (Lipinski definition) is 0. The first kappa shape index (κ1) is 29.4. The highest BCUT2D eigenvalue weighted by atomic mass is 16.6. The molecule has 0 bridgehead atoms. The first-order valence-electron chi connectivity index (χ1n) is 13.4. The number of aromatic nitrogens is 4. The first-order valence-corrected chi connectivity index (χ1v) is 13.4. The summed E-state index contributed by atoms with van der Waals surface area (Å²) in [7, 11) is 4.97. The second-order valence-electron chi connectivity index (χ2n) is 10.8. The van der Waals surface area contributed by atoms with E-state index in [-0.39, 0.29) is 12.6 Å². The van der Waals surface area contributed by atoms with Crippen molar-refractivity contribution in [1.29, 1.82) is 0 Å². The molecule has 0 spiro atoms. The number of methoxy groups -OCH3 is 2. The molecule has 11 nitrogen and oxygen atoms in total. The van der Waals surface area contributed by atoms with Crippen molar-refractivity contribution in [2.75, 3.05) is 32.7 Å². The van der Waals surface area contributed by atoms with Gasteiger partial charge < -0.3 is 28.7 Å². The van der Waals surface area contributed by atoms with Gasteiger partial charge in [-0.25, -0.2) is 14.3 Å². The van der Waals surface area contributed by atoms with Gasteiger partial charge in [0.15, 0.2) is 11.5 Å². The maximum atomic E-state index is 12.4. The number of anilines is 1. The molecule has 0 aliphatic rings. The molecule has 0 aliphatic heterocycles. The number of carbonyl (C=O) groups is 1. The van der Waals surface area contributed by atoms with E-state index in [0.29, 0.717) is 24.6 Å². The lowest BCUT2D eigenvalue weighted by atomic mass is 10.1. The van der Waals surface area contributed by atoms with Crippen LogP contribution >= 0.6 is 0 Å². The van der Waals surface area contributed by atoms with Crippen LogP contribution in [0.1, 0.15) is 38.8 Å². The predicted molar refractivity (Wildman–Crippen MR) is 156 cm³/mol. The third-order valence-electron chi connectivity index (χ3n) is 6.12. The molecule has 0 N–H and O–H groups in total. The van der Waals surface area contributed by atoms with Gasteiger partial charge in [0.2, 0.25) is 0 Å². The van der Waals surface area contributed by atoms with Crippen molar-refractivity contribution in [1.82, 2.24) is 24.5 Å². The molecule has 4 aromatic rings. The van der Waals surface area contributed by atoms with E-state index in [9.17, 15) is 4.79 Å². The van der Waals surface area contributed by atoms with E-state index < -0.39 is 17.8 Å². The number of fused-ring (bicyclic) bond motifs is 1. The van der Waals surface area contributed by atoms with Crippen molar-refractivity contribution >= 4 is 17.6 Å². The van der Waals surface area contributed by atoms with Crippen molar-refractivity contribution < 1.29 is 23.7 Å². The summed E-state index contributed by atoms with van der Waals surface area (Å²) in [4.78, 5) is 25.4. The third-order valence-corrected chi connectivity index (χ3v) is 6.12. The van der Waals surface area contributed by atoms with Crippen LogP contribution in [0.4, 0.5) is 10.6 Å². The molecule has 41 heavy (non-hydrogen) atoms. The van der Waals surface area contributed by atoms with Gasteiger partial charge in [0.05, 0.1) is 20.8 Å². The van der Waals surface area contributed by atoms with Gasteiger partial charge in [-0.1, -0.05) is 24.3 Å². The zero-order chi connectivity index (χ0) is 29.6. The topological polar surface area (TPSA) is 104 Å². The lowest BCUT2D eigenvalue weighted by Crippen LogP contribution is -2.39. The average molecular weight is 563 g/mol. The highest BCUT2D eigenvalue weighted by Gasteiger charge is 2.23. The second kappa shape index (κ2) is 12.8. The van der Waals surface area contributed by atoms with Crippen LogP contribution in [0.3, 0.4) is 0 Å². The Kier molecular flexibility index (Phi) is 9.16. The highest BCUT2D eigenvalue weighted by molar-refractivity contribution is 5.67. The Bertz CT molecular complexity index is 1380. The Morgan fingerprint density at radius 1 is 0.951 bits per heavy atom. The van der Waals surface area contributed by atoms with Crippen molar-refractivity contribution in [2.45, 2.75) is 52.5 Å². The van der Waals surface area contributed by atoms with Crippen molar-refractivity contribution in [3.8, 4) is 17.5 Å². The molecular weight excluding hydrogens is 524 g/mol. The maximum Gasteiger partial charge on any atom is 0.410 e. The fourth-order valence-electron chi connectivity index (χ4n) is 4.18. The van der Waals surface area contributed by atoms with Gasteiger partial charge in [0.1, 0.15) is 23.2 Å². The molecular formula is C30H38N6O5. The quantitative estimate of drug-likeness (QED) is 0.250. The predicted octanol–water partition coefficient (Wildman–Crippen LogP) is 4.98. The summed E-state index contributed by atoms with van der Waals surface area (Å²) >= 11 is 0. The highest BCUT2D eigenvalue weighted by Crippen LogP contribution is 2.26. The Hall–Kier alpha value is -4.54. The van der Waals surface area contributed by atoms with Crippen molar-refractivity contribution in [2.24, 2.45) is 0 Å². The van der Waals surface area contributed by atoms with E-state index in [1.54, 1.807) is 38.2 Å². The Labute approximate surface area is 240 Å². The van der Waals surface area contributed by atoms with E-state index in [1.165, 1.54) is 4.90 Å². The number of rotatable bonds is 11. The Balaban J connectivity index is 1.62. The number of nitrogens with zero attached hydrogens (tertiary/aromatic N) is 6. The number of amides is 1. The van der Waals surface area contributed by atoms with Crippen LogP contribution in [0.15, 0.2) is 60.9 Å². The van der Waals surface area contributed by atoms with E-state index in [2.05, 4.69) is 15.0 Å². The monoisotopic (exact) mass is 562 g/mol.